The monoisotopic (exact) mass is 341 g/mol. The van der Waals surface area contributed by atoms with E-state index in [1.165, 1.54) is 23.5 Å². The zero-order valence-electron chi connectivity index (χ0n) is 12.3. The van der Waals surface area contributed by atoms with Crippen molar-refractivity contribution in [1.29, 1.82) is 0 Å². The van der Waals surface area contributed by atoms with Gasteiger partial charge in [-0.25, -0.2) is 4.98 Å². The number of likely N-dealkylation sites (N-methyl/N-ethyl adjacent to an activating group) is 1. The van der Waals surface area contributed by atoms with Crippen molar-refractivity contribution >= 4 is 22.4 Å². The lowest BCUT2D eigenvalue weighted by Crippen LogP contribution is -2.25. The molecule has 0 radical (unpaired) electrons. The summed E-state index contributed by atoms with van der Waals surface area (Å²) in [5.41, 5.74) is 0.376. The van der Waals surface area contributed by atoms with E-state index in [1.807, 2.05) is 7.05 Å². The van der Waals surface area contributed by atoms with Gasteiger partial charge in [-0.05, 0) is 31.3 Å². The molecule has 0 unspecified atom stereocenters. The summed E-state index contributed by atoms with van der Waals surface area (Å²) < 4.78 is 37.6. The largest absolute Gasteiger partial charge is 0.416 e. The zero-order chi connectivity index (χ0) is 16.6. The van der Waals surface area contributed by atoms with E-state index in [4.69, 9.17) is 0 Å². The minimum atomic E-state index is -4.41. The number of carbonyl (C=O) groups is 1. The SMILES string of the molecule is CN1CCc2nc(NC(=O)c3ccc(C(F)(F)F)cc3)sc2C1. The zero-order valence-corrected chi connectivity index (χ0v) is 13.1. The molecular weight excluding hydrogens is 327 g/mol. The smallest absolute Gasteiger partial charge is 0.301 e. The molecule has 0 saturated carbocycles. The maximum absolute atomic E-state index is 12.5. The molecule has 1 aliphatic rings. The van der Waals surface area contributed by atoms with Crippen LogP contribution in [0.5, 0.6) is 0 Å². The molecule has 1 aromatic heterocycles. The third-order valence-corrected chi connectivity index (χ3v) is 4.61. The van der Waals surface area contributed by atoms with Crippen LogP contribution in [0.1, 0.15) is 26.5 Å². The van der Waals surface area contributed by atoms with Crippen LogP contribution in [0.15, 0.2) is 24.3 Å². The van der Waals surface area contributed by atoms with Gasteiger partial charge in [0.15, 0.2) is 5.13 Å². The normalized spacial score (nSPS) is 15.3. The summed E-state index contributed by atoms with van der Waals surface area (Å²) in [6.45, 7) is 1.71. The second-order valence-electron chi connectivity index (χ2n) is 5.41. The van der Waals surface area contributed by atoms with Gasteiger partial charge in [-0.2, -0.15) is 13.2 Å². The number of hydrogen-bond donors (Lipinski definition) is 1. The molecule has 4 nitrogen and oxygen atoms in total. The van der Waals surface area contributed by atoms with Gasteiger partial charge in [0.1, 0.15) is 0 Å². The number of alkyl halides is 3. The quantitative estimate of drug-likeness (QED) is 0.911. The summed E-state index contributed by atoms with van der Waals surface area (Å²) in [7, 11) is 2.02. The van der Waals surface area contributed by atoms with E-state index in [0.717, 1.165) is 42.2 Å². The number of carbonyl (C=O) groups excluding carboxylic acids is 1. The highest BCUT2D eigenvalue weighted by Crippen LogP contribution is 2.30. The molecule has 0 saturated heterocycles. The maximum atomic E-state index is 12.5. The molecule has 1 N–H and O–H groups in total. The Morgan fingerprint density at radius 2 is 2.00 bits per heavy atom. The Bertz CT molecular complexity index is 725. The number of rotatable bonds is 2. The van der Waals surface area contributed by atoms with Gasteiger partial charge in [-0.15, -0.1) is 11.3 Å². The minimum absolute atomic E-state index is 0.170. The molecule has 1 aliphatic heterocycles. The third kappa shape index (κ3) is 3.53. The van der Waals surface area contributed by atoms with Crippen LogP contribution in [-0.2, 0) is 19.1 Å². The Hall–Kier alpha value is -1.93. The van der Waals surface area contributed by atoms with Crippen molar-refractivity contribution in [2.75, 3.05) is 18.9 Å². The number of thiazole rings is 1. The fourth-order valence-electron chi connectivity index (χ4n) is 2.36. The van der Waals surface area contributed by atoms with E-state index in [9.17, 15) is 18.0 Å². The van der Waals surface area contributed by atoms with E-state index in [0.29, 0.717) is 5.13 Å². The Morgan fingerprint density at radius 1 is 1.30 bits per heavy atom. The first-order valence-electron chi connectivity index (χ1n) is 6.98. The van der Waals surface area contributed by atoms with E-state index in [-0.39, 0.29) is 5.56 Å². The number of anilines is 1. The molecule has 0 fully saturated rings. The van der Waals surface area contributed by atoms with Gasteiger partial charge in [-0.1, -0.05) is 0 Å². The van der Waals surface area contributed by atoms with Gasteiger partial charge < -0.3 is 4.90 Å². The number of nitrogens with one attached hydrogen (secondary N) is 1. The Balaban J connectivity index is 1.72. The van der Waals surface area contributed by atoms with Gasteiger partial charge in [-0.3, -0.25) is 10.1 Å². The Morgan fingerprint density at radius 3 is 2.65 bits per heavy atom. The second-order valence-corrected chi connectivity index (χ2v) is 6.49. The van der Waals surface area contributed by atoms with Crippen molar-refractivity contribution in [3.05, 3.63) is 46.0 Å². The summed E-state index contributed by atoms with van der Waals surface area (Å²) >= 11 is 1.40. The molecule has 8 heteroatoms. The van der Waals surface area contributed by atoms with E-state index >= 15 is 0 Å². The predicted octanol–water partition coefficient (Wildman–Crippen LogP) is 3.40. The molecule has 23 heavy (non-hydrogen) atoms. The van der Waals surface area contributed by atoms with Crippen molar-refractivity contribution in [3.63, 3.8) is 0 Å². The van der Waals surface area contributed by atoms with Crippen LogP contribution in [0.4, 0.5) is 18.3 Å². The van der Waals surface area contributed by atoms with Gasteiger partial charge in [0, 0.05) is 30.0 Å². The van der Waals surface area contributed by atoms with Gasteiger partial charge in [0.25, 0.3) is 5.91 Å². The predicted molar refractivity (Wildman–Crippen MR) is 81.5 cm³/mol. The number of nitrogens with zero attached hydrogens (tertiary/aromatic N) is 2. The molecule has 0 aliphatic carbocycles. The minimum Gasteiger partial charge on any atom is -0.301 e. The van der Waals surface area contributed by atoms with Gasteiger partial charge >= 0.3 is 6.18 Å². The number of benzene rings is 1. The fraction of sp³-hybridized carbons (Fsp3) is 0.333. The summed E-state index contributed by atoms with van der Waals surface area (Å²) in [6, 6.07) is 4.13. The highest BCUT2D eigenvalue weighted by molar-refractivity contribution is 7.15. The van der Waals surface area contributed by atoms with Crippen LogP contribution in [0.2, 0.25) is 0 Å². The van der Waals surface area contributed by atoms with Crippen molar-refractivity contribution in [2.45, 2.75) is 19.1 Å². The molecule has 0 bridgehead atoms. The van der Waals surface area contributed by atoms with Crippen molar-refractivity contribution in [3.8, 4) is 0 Å². The van der Waals surface area contributed by atoms with Crippen molar-refractivity contribution in [1.82, 2.24) is 9.88 Å². The summed E-state index contributed by atoms with van der Waals surface area (Å²) in [4.78, 5) is 19.8. The number of hydrogen-bond acceptors (Lipinski definition) is 4. The number of fused-ring (bicyclic) bond motifs is 1. The highest BCUT2D eigenvalue weighted by Gasteiger charge is 2.30. The molecule has 2 heterocycles. The van der Waals surface area contributed by atoms with Crippen molar-refractivity contribution < 1.29 is 18.0 Å². The average molecular weight is 341 g/mol. The van der Waals surface area contributed by atoms with Crippen LogP contribution >= 0.6 is 11.3 Å². The van der Waals surface area contributed by atoms with E-state index < -0.39 is 17.6 Å². The van der Waals surface area contributed by atoms with Crippen molar-refractivity contribution in [2.24, 2.45) is 0 Å². The van der Waals surface area contributed by atoms with Crippen LogP contribution in [-0.4, -0.2) is 29.4 Å². The summed E-state index contributed by atoms with van der Waals surface area (Å²) in [5, 5.41) is 3.14. The fourth-order valence-corrected chi connectivity index (χ4v) is 3.44. The first kappa shape index (κ1) is 15.9. The topological polar surface area (TPSA) is 45.2 Å². The van der Waals surface area contributed by atoms with Crippen LogP contribution in [0, 0.1) is 0 Å². The maximum Gasteiger partial charge on any atom is 0.416 e. The molecule has 3 rings (SSSR count). The van der Waals surface area contributed by atoms with E-state index in [1.54, 1.807) is 0 Å². The first-order valence-corrected chi connectivity index (χ1v) is 7.80. The number of aromatic nitrogens is 1. The Kier molecular flexibility index (Phi) is 4.11. The Labute approximate surface area is 135 Å². The first-order chi connectivity index (χ1) is 10.8. The highest BCUT2D eigenvalue weighted by atomic mass is 32.1. The van der Waals surface area contributed by atoms with Crippen LogP contribution in [0.3, 0.4) is 0 Å². The molecule has 122 valence electrons. The standard InChI is InChI=1S/C15H14F3N3OS/c1-21-7-6-11-12(8-21)23-14(19-11)20-13(22)9-2-4-10(5-3-9)15(16,17)18/h2-5H,6-8H2,1H3,(H,19,20,22). The molecular formula is C15H14F3N3OS. The third-order valence-electron chi connectivity index (χ3n) is 3.62. The van der Waals surface area contributed by atoms with Gasteiger partial charge in [0.2, 0.25) is 0 Å². The van der Waals surface area contributed by atoms with Crippen LogP contribution < -0.4 is 5.32 Å². The molecule has 0 spiro atoms. The molecule has 1 aromatic carbocycles. The average Bonchev–Trinajstić information content (AvgIpc) is 2.87. The second kappa shape index (κ2) is 5.93. The van der Waals surface area contributed by atoms with E-state index in [2.05, 4.69) is 15.2 Å². The molecule has 1 amide bonds. The molecule has 0 atom stereocenters. The number of amides is 1. The summed E-state index contributed by atoms with van der Waals surface area (Å²) in [5.74, 6) is -0.460. The van der Waals surface area contributed by atoms with Gasteiger partial charge in [0.05, 0.1) is 11.3 Å². The van der Waals surface area contributed by atoms with Crippen LogP contribution in [0.25, 0.3) is 0 Å². The number of halogens is 3. The summed E-state index contributed by atoms with van der Waals surface area (Å²) in [6.07, 6.45) is -3.58. The lowest BCUT2D eigenvalue weighted by atomic mass is 10.1. The lowest BCUT2D eigenvalue weighted by Gasteiger charge is -2.20. The molecule has 2 aromatic rings. The lowest BCUT2D eigenvalue weighted by molar-refractivity contribution is -0.137.